The highest BCUT2D eigenvalue weighted by atomic mass is 35.5. The topological polar surface area (TPSA) is 30.2 Å². The Balaban J connectivity index is 2.69. The third kappa shape index (κ3) is 1.77. The maximum Gasteiger partial charge on any atom is 0.256 e. The van der Waals surface area contributed by atoms with Crippen LogP contribution in [0.2, 0.25) is 0 Å². The zero-order chi connectivity index (χ0) is 10.8. The predicted molar refractivity (Wildman–Crippen MR) is 60.4 cm³/mol. The van der Waals surface area contributed by atoms with Gasteiger partial charge in [0.2, 0.25) is 0 Å². The van der Waals surface area contributed by atoms with Crippen LogP contribution in [0.3, 0.4) is 0 Å². The first-order valence-electron chi connectivity index (χ1n) is 4.94. The van der Waals surface area contributed by atoms with Crippen molar-refractivity contribution in [1.82, 2.24) is 0 Å². The minimum absolute atomic E-state index is 0.441. The fourth-order valence-corrected chi connectivity index (χ4v) is 1.92. The van der Waals surface area contributed by atoms with Gasteiger partial charge >= 0.3 is 0 Å². The molecule has 0 bridgehead atoms. The van der Waals surface area contributed by atoms with Gasteiger partial charge in [0.25, 0.3) is 5.24 Å². The summed E-state index contributed by atoms with van der Waals surface area (Å²) < 4.78 is 5.60. The lowest BCUT2D eigenvalue weighted by Crippen LogP contribution is -1.93. The molecule has 1 heterocycles. The van der Waals surface area contributed by atoms with Gasteiger partial charge in [0.1, 0.15) is 11.3 Å². The first-order valence-corrected chi connectivity index (χ1v) is 5.32. The van der Waals surface area contributed by atoms with E-state index in [1.807, 2.05) is 31.2 Å². The zero-order valence-corrected chi connectivity index (χ0v) is 9.17. The van der Waals surface area contributed by atoms with E-state index in [1.165, 1.54) is 0 Å². The molecule has 2 nitrogen and oxygen atoms in total. The van der Waals surface area contributed by atoms with Gasteiger partial charge in [-0.15, -0.1) is 0 Å². The van der Waals surface area contributed by atoms with E-state index in [4.69, 9.17) is 16.0 Å². The van der Waals surface area contributed by atoms with Crippen LogP contribution in [0.25, 0.3) is 11.0 Å². The lowest BCUT2D eigenvalue weighted by Gasteiger charge is -1.94. The number of para-hydroxylation sites is 1. The molecule has 0 unspecified atom stereocenters. The molecule has 0 aliphatic heterocycles. The summed E-state index contributed by atoms with van der Waals surface area (Å²) in [6.45, 7) is 2.04. The van der Waals surface area contributed by atoms with E-state index in [1.54, 1.807) is 0 Å². The number of hydrogen-bond donors (Lipinski definition) is 0. The van der Waals surface area contributed by atoms with Crippen LogP contribution in [-0.4, -0.2) is 5.24 Å². The van der Waals surface area contributed by atoms with E-state index < -0.39 is 5.24 Å². The largest absolute Gasteiger partial charge is 0.460 e. The van der Waals surface area contributed by atoms with Gasteiger partial charge in [-0.05, 0) is 24.1 Å². The number of halogens is 1. The van der Waals surface area contributed by atoms with E-state index in [0.29, 0.717) is 11.3 Å². The average Bonchev–Trinajstić information content (AvgIpc) is 2.56. The maximum atomic E-state index is 11.3. The highest BCUT2D eigenvalue weighted by molar-refractivity contribution is 6.68. The van der Waals surface area contributed by atoms with E-state index in [2.05, 4.69) is 0 Å². The Hall–Kier alpha value is -1.28. The van der Waals surface area contributed by atoms with Crippen LogP contribution in [0, 0.1) is 0 Å². The Morgan fingerprint density at radius 3 is 2.80 bits per heavy atom. The van der Waals surface area contributed by atoms with Crippen molar-refractivity contribution in [3.63, 3.8) is 0 Å². The summed E-state index contributed by atoms with van der Waals surface area (Å²) in [5.74, 6) is 0.693. The van der Waals surface area contributed by atoms with Crippen molar-refractivity contribution in [2.45, 2.75) is 19.8 Å². The van der Waals surface area contributed by atoms with E-state index in [9.17, 15) is 4.79 Å². The van der Waals surface area contributed by atoms with Crippen molar-refractivity contribution in [3.8, 4) is 0 Å². The van der Waals surface area contributed by atoms with Crippen molar-refractivity contribution in [2.24, 2.45) is 0 Å². The maximum absolute atomic E-state index is 11.3. The molecule has 0 spiro atoms. The number of furan rings is 1. The summed E-state index contributed by atoms with van der Waals surface area (Å²) in [6.07, 6.45) is 1.67. The summed E-state index contributed by atoms with van der Waals surface area (Å²) in [6, 6.07) is 7.45. The lowest BCUT2D eigenvalue weighted by molar-refractivity contribution is 0.108. The molecular formula is C12H11ClO2. The molecule has 1 aromatic heterocycles. The van der Waals surface area contributed by atoms with Crippen LogP contribution in [-0.2, 0) is 6.42 Å². The van der Waals surface area contributed by atoms with Crippen LogP contribution < -0.4 is 0 Å². The van der Waals surface area contributed by atoms with E-state index >= 15 is 0 Å². The van der Waals surface area contributed by atoms with Gasteiger partial charge in [-0.25, -0.2) is 0 Å². The molecule has 0 radical (unpaired) electrons. The Morgan fingerprint density at radius 2 is 2.13 bits per heavy atom. The lowest BCUT2D eigenvalue weighted by atomic mass is 10.1. The summed E-state index contributed by atoms with van der Waals surface area (Å²) in [5, 5.41) is 0.365. The molecule has 0 amide bonds. The number of aryl methyl sites for hydroxylation is 1. The minimum Gasteiger partial charge on any atom is -0.460 e. The highest BCUT2D eigenvalue weighted by Gasteiger charge is 2.17. The van der Waals surface area contributed by atoms with Gasteiger partial charge in [-0.3, -0.25) is 4.79 Å². The first kappa shape index (κ1) is 10.2. The molecule has 2 rings (SSSR count). The molecule has 78 valence electrons. The third-order valence-corrected chi connectivity index (χ3v) is 2.53. The second-order valence-electron chi connectivity index (χ2n) is 3.42. The molecule has 0 fully saturated rings. The van der Waals surface area contributed by atoms with Crippen LogP contribution in [0.5, 0.6) is 0 Å². The van der Waals surface area contributed by atoms with E-state index in [0.717, 1.165) is 23.8 Å². The second-order valence-corrected chi connectivity index (χ2v) is 3.76. The SMILES string of the molecule is CCCc1oc2ccccc2c1C(=O)Cl. The molecule has 0 saturated carbocycles. The van der Waals surface area contributed by atoms with Gasteiger partial charge < -0.3 is 4.42 Å². The second kappa shape index (κ2) is 4.07. The molecule has 15 heavy (non-hydrogen) atoms. The third-order valence-electron chi connectivity index (χ3n) is 2.34. The molecule has 3 heteroatoms. The fraction of sp³-hybridized carbons (Fsp3) is 0.250. The smallest absolute Gasteiger partial charge is 0.256 e. The summed E-state index contributed by atoms with van der Waals surface area (Å²) in [7, 11) is 0. The molecule has 1 aromatic carbocycles. The minimum atomic E-state index is -0.441. The zero-order valence-electron chi connectivity index (χ0n) is 8.42. The predicted octanol–water partition coefficient (Wildman–Crippen LogP) is 3.76. The van der Waals surface area contributed by atoms with Crippen molar-refractivity contribution >= 4 is 27.8 Å². The fourth-order valence-electron chi connectivity index (χ4n) is 1.71. The normalized spacial score (nSPS) is 10.8. The van der Waals surface area contributed by atoms with Crippen molar-refractivity contribution < 1.29 is 9.21 Å². The Kier molecular flexibility index (Phi) is 2.78. The van der Waals surface area contributed by atoms with Gasteiger partial charge in [0.15, 0.2) is 0 Å². The number of benzene rings is 1. The summed E-state index contributed by atoms with van der Waals surface area (Å²) in [4.78, 5) is 11.3. The van der Waals surface area contributed by atoms with Gasteiger partial charge in [-0.1, -0.05) is 25.1 Å². The average molecular weight is 223 g/mol. The Bertz CT molecular complexity index is 499. The van der Waals surface area contributed by atoms with Gasteiger partial charge in [0, 0.05) is 11.8 Å². The molecule has 0 aliphatic carbocycles. The standard InChI is InChI=1S/C12H11ClO2/c1-2-5-10-11(12(13)14)8-6-3-4-7-9(8)15-10/h3-4,6-7H,2,5H2,1H3. The molecule has 0 aliphatic rings. The molecule has 2 aromatic rings. The Labute approximate surface area is 92.8 Å². The van der Waals surface area contributed by atoms with Gasteiger partial charge in [0.05, 0.1) is 5.56 Å². The molecule has 0 saturated heterocycles. The van der Waals surface area contributed by atoms with Crippen LogP contribution >= 0.6 is 11.6 Å². The number of rotatable bonds is 3. The molecule has 0 atom stereocenters. The number of carbonyl (C=O) groups is 1. The van der Waals surface area contributed by atoms with Crippen LogP contribution in [0.15, 0.2) is 28.7 Å². The number of carbonyl (C=O) groups excluding carboxylic acids is 1. The summed E-state index contributed by atoms with van der Waals surface area (Å²) in [5.41, 5.74) is 1.25. The molecule has 0 N–H and O–H groups in total. The summed E-state index contributed by atoms with van der Waals surface area (Å²) >= 11 is 5.57. The van der Waals surface area contributed by atoms with Gasteiger partial charge in [-0.2, -0.15) is 0 Å². The first-order chi connectivity index (χ1) is 7.24. The quantitative estimate of drug-likeness (QED) is 0.741. The monoisotopic (exact) mass is 222 g/mol. The highest BCUT2D eigenvalue weighted by Crippen LogP contribution is 2.27. The van der Waals surface area contributed by atoms with Crippen molar-refractivity contribution in [1.29, 1.82) is 0 Å². The Morgan fingerprint density at radius 1 is 1.40 bits per heavy atom. The molecular weight excluding hydrogens is 212 g/mol. The van der Waals surface area contributed by atoms with Crippen LogP contribution in [0.4, 0.5) is 0 Å². The van der Waals surface area contributed by atoms with Crippen molar-refractivity contribution in [3.05, 3.63) is 35.6 Å². The van der Waals surface area contributed by atoms with Crippen LogP contribution in [0.1, 0.15) is 29.5 Å². The van der Waals surface area contributed by atoms with Crippen molar-refractivity contribution in [2.75, 3.05) is 0 Å². The number of hydrogen-bond acceptors (Lipinski definition) is 2. The number of fused-ring (bicyclic) bond motifs is 1. The van der Waals surface area contributed by atoms with E-state index in [-0.39, 0.29) is 0 Å².